The van der Waals surface area contributed by atoms with Crippen LogP contribution in [0.15, 0.2) is 28.9 Å². The molecule has 1 fully saturated rings. The Hall–Kier alpha value is -2.77. The van der Waals surface area contributed by atoms with Crippen LogP contribution in [0.3, 0.4) is 0 Å². The van der Waals surface area contributed by atoms with Gasteiger partial charge in [-0.1, -0.05) is 0 Å². The molecule has 0 bridgehead atoms. The van der Waals surface area contributed by atoms with E-state index in [1.54, 1.807) is 39.2 Å². The number of rotatable bonds is 4. The van der Waals surface area contributed by atoms with E-state index in [1.807, 2.05) is 13.8 Å². The van der Waals surface area contributed by atoms with Crippen molar-refractivity contribution in [2.75, 3.05) is 39.3 Å². The van der Waals surface area contributed by atoms with Gasteiger partial charge in [0.05, 0.1) is 6.26 Å². The van der Waals surface area contributed by atoms with Crippen molar-refractivity contribution in [3.05, 3.63) is 30.2 Å². The molecule has 2 aromatic heterocycles. The van der Waals surface area contributed by atoms with E-state index < -0.39 is 0 Å². The van der Waals surface area contributed by atoms with Crippen LogP contribution in [0.5, 0.6) is 0 Å². The van der Waals surface area contributed by atoms with Gasteiger partial charge < -0.3 is 19.1 Å². The summed E-state index contributed by atoms with van der Waals surface area (Å²) in [6.07, 6.45) is 1.57. The van der Waals surface area contributed by atoms with Gasteiger partial charge in [0.1, 0.15) is 5.69 Å². The highest BCUT2D eigenvalue weighted by atomic mass is 16.3. The minimum Gasteiger partial charge on any atom is -0.463 e. The monoisotopic (exact) mass is 345 g/mol. The standard InChI is InChI=1S/C17H23N5O3/c1-3-20(4-2)17(24)22-9-7-21(8-10-22)16(23)14-12-13(18-19-14)15-6-5-11-25-15/h5-6,11-12H,3-4,7-10H2,1-2H3,(H,18,19). The normalized spacial score (nSPS) is 14.6. The van der Waals surface area contributed by atoms with Crippen LogP contribution in [-0.2, 0) is 0 Å². The highest BCUT2D eigenvalue weighted by Gasteiger charge is 2.27. The molecule has 0 aliphatic carbocycles. The van der Waals surface area contributed by atoms with E-state index in [0.717, 1.165) is 0 Å². The molecule has 0 aromatic carbocycles. The van der Waals surface area contributed by atoms with E-state index in [1.165, 1.54) is 0 Å². The van der Waals surface area contributed by atoms with Crippen molar-refractivity contribution >= 4 is 11.9 Å². The predicted octanol–water partition coefficient (Wildman–Crippen LogP) is 1.89. The Balaban J connectivity index is 1.59. The van der Waals surface area contributed by atoms with Crippen molar-refractivity contribution in [1.29, 1.82) is 0 Å². The Morgan fingerprint density at radius 1 is 1.20 bits per heavy atom. The average Bonchev–Trinajstić information content (AvgIpc) is 3.33. The van der Waals surface area contributed by atoms with E-state index in [2.05, 4.69) is 10.2 Å². The summed E-state index contributed by atoms with van der Waals surface area (Å²) in [5.41, 5.74) is 1.03. The van der Waals surface area contributed by atoms with Crippen LogP contribution < -0.4 is 0 Å². The fourth-order valence-electron chi connectivity index (χ4n) is 2.95. The second-order valence-electron chi connectivity index (χ2n) is 5.88. The number of carbonyl (C=O) groups excluding carboxylic acids is 2. The van der Waals surface area contributed by atoms with Crippen LogP contribution in [0, 0.1) is 0 Å². The minimum atomic E-state index is -0.135. The summed E-state index contributed by atoms with van der Waals surface area (Å²) in [6.45, 7) is 7.41. The number of urea groups is 1. The molecule has 0 unspecified atom stereocenters. The lowest BCUT2D eigenvalue weighted by Gasteiger charge is -2.36. The number of aromatic nitrogens is 2. The lowest BCUT2D eigenvalue weighted by Crippen LogP contribution is -2.54. The fraction of sp³-hybridized carbons (Fsp3) is 0.471. The maximum absolute atomic E-state index is 12.6. The van der Waals surface area contributed by atoms with Crippen LogP contribution >= 0.6 is 0 Å². The van der Waals surface area contributed by atoms with Crippen molar-refractivity contribution in [2.45, 2.75) is 13.8 Å². The van der Waals surface area contributed by atoms with Gasteiger partial charge >= 0.3 is 6.03 Å². The summed E-state index contributed by atoms with van der Waals surface area (Å²) in [5.74, 6) is 0.505. The number of H-pyrrole nitrogens is 1. The highest BCUT2D eigenvalue weighted by Crippen LogP contribution is 2.19. The summed E-state index contributed by atoms with van der Waals surface area (Å²) in [7, 11) is 0. The zero-order chi connectivity index (χ0) is 17.8. The number of carbonyl (C=O) groups is 2. The minimum absolute atomic E-state index is 0.0389. The van der Waals surface area contributed by atoms with Crippen LogP contribution in [0.2, 0.25) is 0 Å². The summed E-state index contributed by atoms with van der Waals surface area (Å²) in [4.78, 5) is 30.3. The number of furan rings is 1. The van der Waals surface area contributed by atoms with E-state index in [-0.39, 0.29) is 11.9 Å². The van der Waals surface area contributed by atoms with Gasteiger partial charge in [-0.05, 0) is 26.0 Å². The van der Waals surface area contributed by atoms with Gasteiger partial charge in [-0.15, -0.1) is 0 Å². The molecule has 1 aliphatic rings. The Kier molecular flexibility index (Phi) is 5.06. The third kappa shape index (κ3) is 3.52. The van der Waals surface area contributed by atoms with E-state index >= 15 is 0 Å². The van der Waals surface area contributed by atoms with Gasteiger partial charge in [0.25, 0.3) is 5.91 Å². The van der Waals surface area contributed by atoms with Gasteiger partial charge in [0.15, 0.2) is 11.5 Å². The fourth-order valence-corrected chi connectivity index (χ4v) is 2.95. The first-order valence-electron chi connectivity index (χ1n) is 8.56. The molecule has 3 rings (SSSR count). The van der Waals surface area contributed by atoms with Gasteiger partial charge in [-0.25, -0.2) is 4.79 Å². The van der Waals surface area contributed by atoms with Crippen LogP contribution in [0.1, 0.15) is 24.3 Å². The first-order valence-corrected chi connectivity index (χ1v) is 8.56. The van der Waals surface area contributed by atoms with E-state index in [4.69, 9.17) is 4.42 Å². The van der Waals surface area contributed by atoms with Gasteiger partial charge in [0, 0.05) is 45.3 Å². The molecule has 25 heavy (non-hydrogen) atoms. The largest absolute Gasteiger partial charge is 0.463 e. The second-order valence-corrected chi connectivity index (χ2v) is 5.88. The molecule has 3 heterocycles. The molecule has 0 atom stereocenters. The smallest absolute Gasteiger partial charge is 0.320 e. The summed E-state index contributed by atoms with van der Waals surface area (Å²) in [6, 6.07) is 5.31. The maximum Gasteiger partial charge on any atom is 0.320 e. The van der Waals surface area contributed by atoms with Crippen LogP contribution in [0.4, 0.5) is 4.79 Å². The number of hydrogen-bond acceptors (Lipinski definition) is 4. The quantitative estimate of drug-likeness (QED) is 0.917. The van der Waals surface area contributed by atoms with Crippen molar-refractivity contribution in [1.82, 2.24) is 24.9 Å². The summed E-state index contributed by atoms with van der Waals surface area (Å²) >= 11 is 0. The third-order valence-electron chi connectivity index (χ3n) is 4.45. The first-order chi connectivity index (χ1) is 12.1. The van der Waals surface area contributed by atoms with E-state index in [0.29, 0.717) is 56.4 Å². The SMILES string of the molecule is CCN(CC)C(=O)N1CCN(C(=O)c2cc(-c3ccco3)[nH]n2)CC1. The van der Waals surface area contributed by atoms with E-state index in [9.17, 15) is 9.59 Å². The molecule has 8 heteroatoms. The number of nitrogens with one attached hydrogen (secondary N) is 1. The molecular weight excluding hydrogens is 322 g/mol. The molecule has 1 aliphatic heterocycles. The molecule has 1 N–H and O–H groups in total. The molecule has 2 aromatic rings. The van der Waals surface area contributed by atoms with Gasteiger partial charge in [-0.2, -0.15) is 5.10 Å². The number of hydrogen-bond donors (Lipinski definition) is 1. The number of piperazine rings is 1. The molecule has 1 saturated heterocycles. The Bertz CT molecular complexity index is 712. The van der Waals surface area contributed by atoms with Crippen LogP contribution in [0.25, 0.3) is 11.5 Å². The number of nitrogens with zero attached hydrogens (tertiary/aromatic N) is 4. The van der Waals surface area contributed by atoms with Crippen molar-refractivity contribution in [2.24, 2.45) is 0 Å². The Morgan fingerprint density at radius 3 is 2.48 bits per heavy atom. The lowest BCUT2D eigenvalue weighted by molar-refractivity contribution is 0.0636. The topological polar surface area (TPSA) is 85.7 Å². The molecule has 0 saturated carbocycles. The number of aromatic amines is 1. The average molecular weight is 345 g/mol. The van der Waals surface area contributed by atoms with Crippen LogP contribution in [-0.4, -0.2) is 76.1 Å². The van der Waals surface area contributed by atoms with Gasteiger partial charge in [0.2, 0.25) is 0 Å². The molecule has 0 spiro atoms. The highest BCUT2D eigenvalue weighted by molar-refractivity contribution is 5.93. The van der Waals surface area contributed by atoms with Crippen molar-refractivity contribution in [3.8, 4) is 11.5 Å². The van der Waals surface area contributed by atoms with Crippen molar-refractivity contribution in [3.63, 3.8) is 0 Å². The Morgan fingerprint density at radius 2 is 1.88 bits per heavy atom. The number of amides is 3. The van der Waals surface area contributed by atoms with Gasteiger partial charge in [-0.3, -0.25) is 9.89 Å². The zero-order valence-electron chi connectivity index (χ0n) is 14.6. The third-order valence-corrected chi connectivity index (χ3v) is 4.45. The summed E-state index contributed by atoms with van der Waals surface area (Å²) < 4.78 is 5.30. The lowest BCUT2D eigenvalue weighted by atomic mass is 10.2. The Labute approximate surface area is 146 Å². The predicted molar refractivity (Wildman–Crippen MR) is 92.1 cm³/mol. The van der Waals surface area contributed by atoms with Crippen molar-refractivity contribution < 1.29 is 14.0 Å². The zero-order valence-corrected chi connectivity index (χ0v) is 14.6. The molecular formula is C17H23N5O3. The second kappa shape index (κ2) is 7.42. The molecule has 0 radical (unpaired) electrons. The summed E-state index contributed by atoms with van der Waals surface area (Å²) in [5, 5.41) is 6.91. The molecule has 3 amide bonds. The maximum atomic E-state index is 12.6. The molecule has 8 nitrogen and oxygen atoms in total. The molecule has 134 valence electrons. The first kappa shape index (κ1) is 17.1.